The van der Waals surface area contributed by atoms with Crippen LogP contribution < -0.4 is 0 Å². The molecule has 182 valence electrons. The van der Waals surface area contributed by atoms with Crippen LogP contribution in [0.4, 0.5) is 0 Å². The van der Waals surface area contributed by atoms with Gasteiger partial charge in [-0.1, -0.05) is 35.9 Å². The summed E-state index contributed by atoms with van der Waals surface area (Å²) in [4.78, 5) is 29.2. The SMILES string of the molecule is C[C@]12CCC3=C4CC/C(=N/OC(=O)c5ccccc5)C=C4CC[C@H]3[C@@H]1CC[C@]2(CC#N)CC(=O)O. The van der Waals surface area contributed by atoms with Crippen LogP contribution in [-0.4, -0.2) is 22.8 Å². The van der Waals surface area contributed by atoms with Gasteiger partial charge in [-0.05, 0) is 103 Å². The molecule has 0 spiro atoms. The lowest BCUT2D eigenvalue weighted by atomic mass is 9.51. The number of nitriles is 1. The van der Waals surface area contributed by atoms with Gasteiger partial charge in [0, 0.05) is 6.42 Å². The molecule has 0 amide bonds. The van der Waals surface area contributed by atoms with Crippen molar-refractivity contribution in [3.8, 4) is 6.07 Å². The van der Waals surface area contributed by atoms with Crippen LogP contribution in [0.25, 0.3) is 0 Å². The van der Waals surface area contributed by atoms with E-state index in [-0.39, 0.29) is 11.8 Å². The summed E-state index contributed by atoms with van der Waals surface area (Å²) in [5.41, 5.74) is 5.08. The van der Waals surface area contributed by atoms with Crippen molar-refractivity contribution in [1.29, 1.82) is 5.26 Å². The van der Waals surface area contributed by atoms with E-state index in [1.54, 1.807) is 29.8 Å². The molecule has 35 heavy (non-hydrogen) atoms. The number of oxime groups is 1. The van der Waals surface area contributed by atoms with Gasteiger partial charge in [0.2, 0.25) is 0 Å². The van der Waals surface area contributed by atoms with Crippen molar-refractivity contribution in [3.63, 3.8) is 0 Å². The molecule has 0 aliphatic heterocycles. The predicted molar refractivity (Wildman–Crippen MR) is 131 cm³/mol. The highest BCUT2D eigenvalue weighted by Crippen LogP contribution is 2.68. The normalized spacial score (nSPS) is 32.7. The summed E-state index contributed by atoms with van der Waals surface area (Å²) in [6.45, 7) is 2.27. The molecule has 5 rings (SSSR count). The number of carboxylic acid groups (broad SMARTS) is 1. The molecule has 2 saturated carbocycles. The largest absolute Gasteiger partial charge is 0.481 e. The molecule has 0 unspecified atom stereocenters. The molecule has 6 nitrogen and oxygen atoms in total. The Labute approximate surface area is 206 Å². The maximum atomic E-state index is 12.2. The first kappa shape index (κ1) is 23.5. The van der Waals surface area contributed by atoms with Crippen molar-refractivity contribution in [2.75, 3.05) is 0 Å². The van der Waals surface area contributed by atoms with Crippen molar-refractivity contribution in [3.05, 3.63) is 58.7 Å². The van der Waals surface area contributed by atoms with Crippen molar-refractivity contribution in [2.24, 2.45) is 27.8 Å². The minimum atomic E-state index is -0.785. The fourth-order valence-electron chi connectivity index (χ4n) is 7.66. The van der Waals surface area contributed by atoms with Crippen molar-refractivity contribution < 1.29 is 19.5 Å². The van der Waals surface area contributed by atoms with E-state index in [1.807, 2.05) is 6.07 Å². The lowest BCUT2D eigenvalue weighted by Crippen LogP contribution is -2.46. The summed E-state index contributed by atoms with van der Waals surface area (Å²) in [5, 5.41) is 23.4. The average molecular weight is 473 g/mol. The highest BCUT2D eigenvalue weighted by Gasteiger charge is 2.61. The Morgan fingerprint density at radius 3 is 2.69 bits per heavy atom. The third-order valence-electron chi connectivity index (χ3n) is 9.45. The van der Waals surface area contributed by atoms with Gasteiger partial charge in [0.1, 0.15) is 0 Å². The number of allylic oxidation sites excluding steroid dienone is 4. The van der Waals surface area contributed by atoms with Crippen LogP contribution >= 0.6 is 0 Å². The Balaban J connectivity index is 1.37. The van der Waals surface area contributed by atoms with E-state index >= 15 is 0 Å². The van der Waals surface area contributed by atoms with Crippen LogP contribution in [-0.2, 0) is 9.63 Å². The Bertz CT molecular complexity index is 1170. The van der Waals surface area contributed by atoms with E-state index < -0.39 is 17.4 Å². The first-order chi connectivity index (χ1) is 16.9. The molecule has 6 heteroatoms. The van der Waals surface area contributed by atoms with Gasteiger partial charge < -0.3 is 9.94 Å². The molecular formula is C29H32N2O4. The maximum absolute atomic E-state index is 12.2. The fourth-order valence-corrected chi connectivity index (χ4v) is 7.66. The molecule has 1 N–H and O–H groups in total. The standard InChI is InChI=1S/C29H32N2O4/c1-28-13-11-23-22-10-8-21(31-35-27(34)19-5-3-2-4-6-19)17-20(22)7-9-24(23)25(28)12-14-29(28,15-16-30)18-26(32)33/h2-6,17,24-25H,7-15,18H2,1H3,(H,32,33)/b31-21-/t24-,25+,28+,29+/m1/s1. The predicted octanol–water partition coefficient (Wildman–Crippen LogP) is 6.21. The van der Waals surface area contributed by atoms with Crippen LogP contribution in [0.15, 0.2) is 58.3 Å². The molecule has 2 fully saturated rings. The Hall–Kier alpha value is -3.20. The third kappa shape index (κ3) is 4.01. The Morgan fingerprint density at radius 1 is 1.14 bits per heavy atom. The van der Waals surface area contributed by atoms with Gasteiger partial charge in [-0.15, -0.1) is 0 Å². The van der Waals surface area contributed by atoms with E-state index in [0.717, 1.165) is 57.1 Å². The minimum Gasteiger partial charge on any atom is -0.481 e. The Kier molecular flexibility index (Phi) is 6.13. The summed E-state index contributed by atoms with van der Waals surface area (Å²) in [7, 11) is 0. The van der Waals surface area contributed by atoms with E-state index in [9.17, 15) is 20.0 Å². The zero-order chi connectivity index (χ0) is 24.6. The monoisotopic (exact) mass is 472 g/mol. The van der Waals surface area contributed by atoms with E-state index in [4.69, 9.17) is 4.84 Å². The first-order valence-electron chi connectivity index (χ1n) is 12.7. The number of carboxylic acids is 1. The van der Waals surface area contributed by atoms with Gasteiger partial charge in [-0.3, -0.25) is 4.79 Å². The number of carbonyl (C=O) groups excluding carboxylic acids is 1. The second-order valence-electron chi connectivity index (χ2n) is 10.9. The molecule has 0 aromatic heterocycles. The summed E-state index contributed by atoms with van der Waals surface area (Å²) >= 11 is 0. The van der Waals surface area contributed by atoms with Gasteiger partial charge >= 0.3 is 11.9 Å². The number of nitrogens with zero attached hydrogens (tertiary/aromatic N) is 2. The van der Waals surface area contributed by atoms with Crippen LogP contribution in [0.5, 0.6) is 0 Å². The molecule has 4 aliphatic carbocycles. The van der Waals surface area contributed by atoms with Crippen LogP contribution in [0.2, 0.25) is 0 Å². The summed E-state index contributed by atoms with van der Waals surface area (Å²) < 4.78 is 0. The van der Waals surface area contributed by atoms with Gasteiger partial charge in [-0.2, -0.15) is 5.26 Å². The first-order valence-corrected chi connectivity index (χ1v) is 12.7. The van der Waals surface area contributed by atoms with Gasteiger partial charge in [0.15, 0.2) is 0 Å². The molecule has 0 saturated heterocycles. The number of benzene rings is 1. The quantitative estimate of drug-likeness (QED) is 0.406. The topological polar surface area (TPSA) is 99.8 Å². The molecule has 1 aromatic rings. The molecule has 4 atom stereocenters. The fraction of sp³-hybridized carbons (Fsp3) is 0.517. The summed E-state index contributed by atoms with van der Waals surface area (Å²) in [5.74, 6) is -0.314. The number of fused-ring (bicyclic) bond motifs is 4. The molecule has 4 aliphatic rings. The van der Waals surface area contributed by atoms with E-state index in [1.165, 1.54) is 11.1 Å². The van der Waals surface area contributed by atoms with Crippen LogP contribution in [0.3, 0.4) is 0 Å². The van der Waals surface area contributed by atoms with Gasteiger partial charge in [0.05, 0.1) is 23.8 Å². The zero-order valence-electron chi connectivity index (χ0n) is 20.3. The smallest absolute Gasteiger partial charge is 0.365 e. The second-order valence-corrected chi connectivity index (χ2v) is 10.9. The molecule has 1 aromatic carbocycles. The lowest BCUT2D eigenvalue weighted by molar-refractivity contribution is -0.143. The third-order valence-corrected chi connectivity index (χ3v) is 9.45. The van der Waals surface area contributed by atoms with Gasteiger partial charge in [0.25, 0.3) is 0 Å². The minimum absolute atomic E-state index is 0.0961. The molecular weight excluding hydrogens is 440 g/mol. The summed E-state index contributed by atoms with van der Waals surface area (Å²) in [6.07, 6.45) is 9.97. The van der Waals surface area contributed by atoms with Crippen LogP contribution in [0.1, 0.15) is 81.5 Å². The van der Waals surface area contributed by atoms with Crippen molar-refractivity contribution in [2.45, 2.75) is 71.1 Å². The number of rotatable bonds is 5. The number of aliphatic carboxylic acids is 1. The van der Waals surface area contributed by atoms with Gasteiger partial charge in [-0.25, -0.2) is 4.79 Å². The van der Waals surface area contributed by atoms with Crippen LogP contribution in [0, 0.1) is 34.0 Å². The number of carbonyl (C=O) groups is 2. The maximum Gasteiger partial charge on any atom is 0.365 e. The number of hydrogen-bond donors (Lipinski definition) is 1. The molecule has 0 radical (unpaired) electrons. The van der Waals surface area contributed by atoms with E-state index in [0.29, 0.717) is 23.8 Å². The zero-order valence-corrected chi connectivity index (χ0v) is 20.3. The second kappa shape index (κ2) is 9.11. The lowest BCUT2D eigenvalue weighted by Gasteiger charge is -2.53. The average Bonchev–Trinajstić information content (AvgIpc) is 3.14. The summed E-state index contributed by atoms with van der Waals surface area (Å²) in [6, 6.07) is 11.2. The highest BCUT2D eigenvalue weighted by atomic mass is 16.7. The number of hydrogen-bond acceptors (Lipinski definition) is 5. The highest BCUT2D eigenvalue weighted by molar-refractivity contribution is 5.98. The molecule has 0 heterocycles. The molecule has 0 bridgehead atoms. The van der Waals surface area contributed by atoms with Crippen molar-refractivity contribution in [1.82, 2.24) is 0 Å². The Morgan fingerprint density at radius 2 is 1.94 bits per heavy atom. The van der Waals surface area contributed by atoms with Crippen molar-refractivity contribution >= 4 is 17.7 Å². The van der Waals surface area contributed by atoms with E-state index in [2.05, 4.69) is 24.2 Å².